The van der Waals surface area contributed by atoms with Crippen LogP contribution in [-0.4, -0.2) is 15.9 Å². The second-order valence-electron chi connectivity index (χ2n) is 6.68. The molecule has 5 nitrogen and oxygen atoms in total. The molecular weight excluding hydrogens is 348 g/mol. The molecule has 4 rings (SSSR count). The number of nitrogens with one attached hydrogen (secondary N) is 2. The van der Waals surface area contributed by atoms with E-state index >= 15 is 0 Å². The molecule has 28 heavy (non-hydrogen) atoms. The van der Waals surface area contributed by atoms with Crippen molar-refractivity contribution in [2.24, 2.45) is 0 Å². The van der Waals surface area contributed by atoms with E-state index in [0.29, 0.717) is 11.3 Å². The Kier molecular flexibility index (Phi) is 4.72. The van der Waals surface area contributed by atoms with E-state index in [1.807, 2.05) is 86.6 Å². The molecule has 0 spiro atoms. The average molecular weight is 368 g/mol. The SMILES string of the molecule is Cc1ccc(C)c(NC(=O)c2nc(Nc3ccccc3)c3ccccc3n2)c1. The first-order valence-electron chi connectivity index (χ1n) is 9.07. The highest BCUT2D eigenvalue weighted by molar-refractivity contribution is 6.04. The van der Waals surface area contributed by atoms with Gasteiger partial charge in [-0.2, -0.15) is 0 Å². The van der Waals surface area contributed by atoms with E-state index in [1.54, 1.807) is 0 Å². The van der Waals surface area contributed by atoms with Gasteiger partial charge >= 0.3 is 0 Å². The number of fused-ring (bicyclic) bond motifs is 1. The Morgan fingerprint density at radius 3 is 2.43 bits per heavy atom. The summed E-state index contributed by atoms with van der Waals surface area (Å²) >= 11 is 0. The molecule has 0 bridgehead atoms. The second-order valence-corrected chi connectivity index (χ2v) is 6.68. The number of hydrogen-bond donors (Lipinski definition) is 2. The first kappa shape index (κ1) is 17.7. The Morgan fingerprint density at radius 1 is 0.857 bits per heavy atom. The highest BCUT2D eigenvalue weighted by atomic mass is 16.2. The molecule has 0 fully saturated rings. The van der Waals surface area contributed by atoms with Crippen molar-refractivity contribution in [3.8, 4) is 0 Å². The molecule has 0 unspecified atom stereocenters. The third-order valence-corrected chi connectivity index (χ3v) is 4.48. The van der Waals surface area contributed by atoms with Gasteiger partial charge in [-0.15, -0.1) is 0 Å². The summed E-state index contributed by atoms with van der Waals surface area (Å²) in [4.78, 5) is 21.8. The lowest BCUT2D eigenvalue weighted by atomic mass is 10.1. The van der Waals surface area contributed by atoms with E-state index in [2.05, 4.69) is 20.6 Å². The van der Waals surface area contributed by atoms with Gasteiger partial charge in [0, 0.05) is 16.8 Å². The molecular formula is C23H20N4O. The maximum atomic E-state index is 12.9. The zero-order valence-electron chi connectivity index (χ0n) is 15.7. The Labute approximate surface area is 163 Å². The maximum absolute atomic E-state index is 12.9. The van der Waals surface area contributed by atoms with Crippen LogP contribution in [0.4, 0.5) is 17.2 Å². The van der Waals surface area contributed by atoms with Crippen molar-refractivity contribution in [2.45, 2.75) is 13.8 Å². The van der Waals surface area contributed by atoms with E-state index in [-0.39, 0.29) is 11.7 Å². The predicted molar refractivity (Wildman–Crippen MR) is 113 cm³/mol. The van der Waals surface area contributed by atoms with E-state index in [4.69, 9.17) is 0 Å². The highest BCUT2D eigenvalue weighted by Gasteiger charge is 2.15. The van der Waals surface area contributed by atoms with Crippen LogP contribution in [0.15, 0.2) is 72.8 Å². The first-order chi connectivity index (χ1) is 13.6. The summed E-state index contributed by atoms with van der Waals surface area (Å²) in [5.74, 6) is 0.386. The topological polar surface area (TPSA) is 66.9 Å². The molecule has 4 aromatic rings. The van der Waals surface area contributed by atoms with E-state index in [1.165, 1.54) is 0 Å². The number of nitrogens with zero attached hydrogens (tertiary/aromatic N) is 2. The van der Waals surface area contributed by atoms with Crippen LogP contribution in [0.1, 0.15) is 21.7 Å². The van der Waals surface area contributed by atoms with Crippen LogP contribution in [0.25, 0.3) is 10.9 Å². The summed E-state index contributed by atoms with van der Waals surface area (Å²) in [5, 5.41) is 7.08. The van der Waals surface area contributed by atoms with Gasteiger partial charge in [0.05, 0.1) is 5.52 Å². The van der Waals surface area contributed by atoms with E-state index < -0.39 is 0 Å². The zero-order chi connectivity index (χ0) is 19.5. The van der Waals surface area contributed by atoms with Crippen molar-refractivity contribution in [3.05, 3.63) is 89.7 Å². The molecule has 0 saturated heterocycles. The van der Waals surface area contributed by atoms with Gasteiger partial charge in [-0.3, -0.25) is 4.79 Å². The Morgan fingerprint density at radius 2 is 1.61 bits per heavy atom. The fourth-order valence-electron chi connectivity index (χ4n) is 2.98. The quantitative estimate of drug-likeness (QED) is 0.517. The third kappa shape index (κ3) is 3.69. The number of amides is 1. The highest BCUT2D eigenvalue weighted by Crippen LogP contribution is 2.24. The van der Waals surface area contributed by atoms with E-state index in [9.17, 15) is 4.79 Å². The molecule has 1 amide bonds. The van der Waals surface area contributed by atoms with Crippen molar-refractivity contribution in [3.63, 3.8) is 0 Å². The van der Waals surface area contributed by atoms with Gasteiger partial charge in [-0.1, -0.05) is 42.5 Å². The van der Waals surface area contributed by atoms with Crippen LogP contribution >= 0.6 is 0 Å². The van der Waals surface area contributed by atoms with Gasteiger partial charge in [0.15, 0.2) is 0 Å². The minimum Gasteiger partial charge on any atom is -0.340 e. The van der Waals surface area contributed by atoms with Crippen LogP contribution in [0, 0.1) is 13.8 Å². The lowest BCUT2D eigenvalue weighted by Crippen LogP contribution is -2.17. The van der Waals surface area contributed by atoms with Gasteiger partial charge in [-0.25, -0.2) is 9.97 Å². The van der Waals surface area contributed by atoms with Crippen molar-refractivity contribution >= 4 is 34.0 Å². The number of carbonyl (C=O) groups excluding carboxylic acids is 1. The summed E-state index contributed by atoms with van der Waals surface area (Å²) in [6.45, 7) is 3.95. The second kappa shape index (κ2) is 7.48. The lowest BCUT2D eigenvalue weighted by molar-refractivity contribution is 0.101. The van der Waals surface area contributed by atoms with Crippen LogP contribution < -0.4 is 10.6 Å². The summed E-state index contributed by atoms with van der Waals surface area (Å²) in [6.07, 6.45) is 0. The number of anilines is 3. The van der Waals surface area contributed by atoms with Crippen molar-refractivity contribution in [1.82, 2.24) is 9.97 Å². The Bertz CT molecular complexity index is 1160. The van der Waals surface area contributed by atoms with Gasteiger partial charge in [-0.05, 0) is 55.3 Å². The fraction of sp³-hybridized carbons (Fsp3) is 0.0870. The number of rotatable bonds is 4. The normalized spacial score (nSPS) is 10.6. The molecule has 138 valence electrons. The minimum absolute atomic E-state index is 0.123. The van der Waals surface area contributed by atoms with Crippen molar-refractivity contribution in [1.29, 1.82) is 0 Å². The maximum Gasteiger partial charge on any atom is 0.293 e. The largest absolute Gasteiger partial charge is 0.340 e. The molecule has 0 atom stereocenters. The minimum atomic E-state index is -0.337. The van der Waals surface area contributed by atoms with Gasteiger partial charge in [0.1, 0.15) is 5.82 Å². The third-order valence-electron chi connectivity index (χ3n) is 4.48. The zero-order valence-corrected chi connectivity index (χ0v) is 15.7. The lowest BCUT2D eigenvalue weighted by Gasteiger charge is -2.12. The van der Waals surface area contributed by atoms with Crippen LogP contribution in [-0.2, 0) is 0 Å². The molecule has 0 aliphatic carbocycles. The van der Waals surface area contributed by atoms with Gasteiger partial charge < -0.3 is 10.6 Å². The molecule has 0 aliphatic heterocycles. The summed E-state index contributed by atoms with van der Waals surface area (Å²) in [5.41, 5.74) is 4.43. The fourth-order valence-corrected chi connectivity index (χ4v) is 2.98. The molecule has 0 radical (unpaired) electrons. The monoisotopic (exact) mass is 368 g/mol. The van der Waals surface area contributed by atoms with Gasteiger partial charge in [0.25, 0.3) is 5.91 Å². The van der Waals surface area contributed by atoms with Crippen LogP contribution in [0.3, 0.4) is 0 Å². The number of aromatic nitrogens is 2. The van der Waals surface area contributed by atoms with Gasteiger partial charge in [0.2, 0.25) is 5.82 Å². The summed E-state index contributed by atoms with van der Waals surface area (Å²) in [6, 6.07) is 23.3. The number of hydrogen-bond acceptors (Lipinski definition) is 4. The molecule has 0 saturated carbocycles. The number of carbonyl (C=O) groups is 1. The Balaban J connectivity index is 1.72. The molecule has 2 N–H and O–H groups in total. The van der Waals surface area contributed by atoms with Crippen LogP contribution in [0.5, 0.6) is 0 Å². The average Bonchev–Trinajstić information content (AvgIpc) is 2.71. The van der Waals surface area contributed by atoms with E-state index in [0.717, 1.165) is 27.9 Å². The first-order valence-corrected chi connectivity index (χ1v) is 9.07. The molecule has 5 heteroatoms. The predicted octanol–water partition coefficient (Wildman–Crippen LogP) is 5.24. The standard InChI is InChI=1S/C23H20N4O/c1-15-12-13-16(2)20(14-15)26-23(28)22-25-19-11-7-6-10-18(19)21(27-22)24-17-8-4-3-5-9-17/h3-14H,1-2H3,(H,26,28)(H,24,25,27). The molecule has 1 aromatic heterocycles. The number of para-hydroxylation sites is 2. The number of benzene rings is 3. The number of aryl methyl sites for hydroxylation is 2. The molecule has 3 aromatic carbocycles. The molecule has 1 heterocycles. The smallest absolute Gasteiger partial charge is 0.293 e. The van der Waals surface area contributed by atoms with Crippen molar-refractivity contribution < 1.29 is 4.79 Å². The molecule has 0 aliphatic rings. The van der Waals surface area contributed by atoms with Crippen LogP contribution in [0.2, 0.25) is 0 Å². The summed E-state index contributed by atoms with van der Waals surface area (Å²) in [7, 11) is 0. The Hall–Kier alpha value is -3.73. The summed E-state index contributed by atoms with van der Waals surface area (Å²) < 4.78 is 0. The van der Waals surface area contributed by atoms with Crippen molar-refractivity contribution in [2.75, 3.05) is 10.6 Å².